The third kappa shape index (κ3) is 3.85. The number of methoxy groups -OCH3 is 1. The number of carbonyl (C=O) groups is 2. The SMILES string of the molecule is COc1ccc2c(c1)N(CN1CCN(Cc3c(F)cccc3Cl)CC1)C(=O)C2=O. The molecule has 2 aromatic carbocycles. The Morgan fingerprint density at radius 3 is 2.48 bits per heavy atom. The number of amides is 1. The predicted molar refractivity (Wildman–Crippen MR) is 108 cm³/mol. The molecule has 1 saturated heterocycles. The highest BCUT2D eigenvalue weighted by molar-refractivity contribution is 6.52. The monoisotopic (exact) mass is 417 g/mol. The van der Waals surface area contributed by atoms with Crippen LogP contribution in [0.3, 0.4) is 0 Å². The molecule has 0 unspecified atom stereocenters. The van der Waals surface area contributed by atoms with Crippen molar-refractivity contribution in [3.8, 4) is 5.75 Å². The van der Waals surface area contributed by atoms with E-state index in [4.69, 9.17) is 16.3 Å². The third-order valence-corrected chi connectivity index (χ3v) is 5.78. The number of piperazine rings is 1. The maximum atomic E-state index is 14.0. The Balaban J connectivity index is 1.40. The first-order valence-electron chi connectivity index (χ1n) is 9.39. The van der Waals surface area contributed by atoms with Crippen LogP contribution in [0.1, 0.15) is 15.9 Å². The molecule has 0 N–H and O–H groups in total. The molecule has 2 heterocycles. The maximum Gasteiger partial charge on any atom is 0.300 e. The largest absolute Gasteiger partial charge is 0.497 e. The Bertz CT molecular complexity index is 940. The minimum Gasteiger partial charge on any atom is -0.497 e. The summed E-state index contributed by atoms with van der Waals surface area (Å²) in [6.07, 6.45) is 0. The lowest BCUT2D eigenvalue weighted by atomic mass is 10.1. The van der Waals surface area contributed by atoms with Crippen molar-refractivity contribution in [3.63, 3.8) is 0 Å². The van der Waals surface area contributed by atoms with Gasteiger partial charge in [0.15, 0.2) is 0 Å². The molecule has 1 amide bonds. The van der Waals surface area contributed by atoms with Crippen molar-refractivity contribution in [1.29, 1.82) is 0 Å². The highest BCUT2D eigenvalue weighted by atomic mass is 35.5. The van der Waals surface area contributed by atoms with Crippen molar-refractivity contribution in [2.45, 2.75) is 6.54 Å². The summed E-state index contributed by atoms with van der Waals surface area (Å²) in [5.41, 5.74) is 1.49. The second kappa shape index (κ2) is 8.10. The second-order valence-corrected chi connectivity index (χ2v) is 7.59. The molecule has 0 bridgehead atoms. The van der Waals surface area contributed by atoms with E-state index in [0.717, 1.165) is 0 Å². The number of fused-ring (bicyclic) bond motifs is 1. The average Bonchev–Trinajstić information content (AvgIpc) is 2.96. The van der Waals surface area contributed by atoms with Crippen LogP contribution in [0.2, 0.25) is 5.02 Å². The maximum absolute atomic E-state index is 14.0. The standard InChI is InChI=1S/C21H21ClFN3O3/c1-29-14-5-6-15-19(11-14)26(21(28)20(15)27)13-25-9-7-24(8-10-25)12-16-17(22)3-2-4-18(16)23/h2-6,11H,7-10,12-13H2,1H3. The molecule has 29 heavy (non-hydrogen) atoms. The molecule has 2 aliphatic heterocycles. The lowest BCUT2D eigenvalue weighted by Gasteiger charge is -2.36. The number of ketones is 1. The van der Waals surface area contributed by atoms with Gasteiger partial charge in [0.2, 0.25) is 0 Å². The molecular weight excluding hydrogens is 397 g/mol. The van der Waals surface area contributed by atoms with Gasteiger partial charge in [-0.1, -0.05) is 17.7 Å². The summed E-state index contributed by atoms with van der Waals surface area (Å²) >= 11 is 6.13. The van der Waals surface area contributed by atoms with Crippen molar-refractivity contribution in [1.82, 2.24) is 9.80 Å². The van der Waals surface area contributed by atoms with Crippen LogP contribution in [-0.4, -0.2) is 61.4 Å². The van der Waals surface area contributed by atoms with E-state index in [1.165, 1.54) is 11.0 Å². The van der Waals surface area contributed by atoms with Gasteiger partial charge in [-0.15, -0.1) is 0 Å². The van der Waals surface area contributed by atoms with E-state index < -0.39 is 11.7 Å². The lowest BCUT2D eigenvalue weighted by molar-refractivity contribution is -0.114. The Kier molecular flexibility index (Phi) is 5.54. The van der Waals surface area contributed by atoms with Crippen molar-refractivity contribution < 1.29 is 18.7 Å². The zero-order valence-corrected chi connectivity index (χ0v) is 16.8. The van der Waals surface area contributed by atoms with E-state index in [-0.39, 0.29) is 5.82 Å². The van der Waals surface area contributed by atoms with E-state index in [1.54, 1.807) is 37.4 Å². The zero-order chi connectivity index (χ0) is 20.5. The summed E-state index contributed by atoms with van der Waals surface area (Å²) in [7, 11) is 1.55. The van der Waals surface area contributed by atoms with Crippen LogP contribution in [-0.2, 0) is 11.3 Å². The quantitative estimate of drug-likeness (QED) is 0.700. The first kappa shape index (κ1) is 19.8. The van der Waals surface area contributed by atoms with Crippen LogP contribution >= 0.6 is 11.6 Å². The molecule has 0 spiro atoms. The molecule has 0 saturated carbocycles. The Labute approximate surface area is 173 Å². The summed E-state index contributed by atoms with van der Waals surface area (Å²) < 4.78 is 19.3. The normalized spacial score (nSPS) is 17.7. The van der Waals surface area contributed by atoms with Crippen LogP contribution in [0.5, 0.6) is 5.75 Å². The molecule has 152 valence electrons. The van der Waals surface area contributed by atoms with E-state index >= 15 is 0 Å². The van der Waals surface area contributed by atoms with Crippen molar-refractivity contribution in [2.75, 3.05) is 44.9 Å². The topological polar surface area (TPSA) is 53.1 Å². The number of rotatable bonds is 5. The molecule has 8 heteroatoms. The van der Waals surface area contributed by atoms with Gasteiger partial charge in [-0.05, 0) is 24.3 Å². The number of nitrogens with zero attached hydrogens (tertiary/aromatic N) is 3. The van der Waals surface area contributed by atoms with Crippen LogP contribution in [0, 0.1) is 5.82 Å². The third-order valence-electron chi connectivity index (χ3n) is 5.43. The van der Waals surface area contributed by atoms with Gasteiger partial charge in [0.05, 0.1) is 25.0 Å². The second-order valence-electron chi connectivity index (χ2n) is 7.18. The number of hydrogen-bond acceptors (Lipinski definition) is 5. The van der Waals surface area contributed by atoms with E-state index in [0.29, 0.717) is 67.0 Å². The molecule has 0 atom stereocenters. The summed E-state index contributed by atoms with van der Waals surface area (Å²) in [6.45, 7) is 3.60. The minimum atomic E-state index is -0.520. The molecule has 4 rings (SSSR count). The van der Waals surface area contributed by atoms with Gasteiger partial charge in [-0.25, -0.2) is 4.39 Å². The lowest BCUT2D eigenvalue weighted by Crippen LogP contribution is -2.50. The molecule has 6 nitrogen and oxygen atoms in total. The fourth-order valence-corrected chi connectivity index (χ4v) is 3.96. The van der Waals surface area contributed by atoms with Gasteiger partial charge in [-0.2, -0.15) is 0 Å². The zero-order valence-electron chi connectivity index (χ0n) is 16.0. The summed E-state index contributed by atoms with van der Waals surface area (Å²) in [5, 5.41) is 0.430. The van der Waals surface area contributed by atoms with Crippen molar-refractivity contribution in [3.05, 3.63) is 58.4 Å². The highest BCUT2D eigenvalue weighted by Gasteiger charge is 2.37. The predicted octanol–water partition coefficient (Wildman–Crippen LogP) is 2.79. The van der Waals surface area contributed by atoms with E-state index in [1.807, 2.05) is 0 Å². The van der Waals surface area contributed by atoms with Gasteiger partial charge in [0.1, 0.15) is 11.6 Å². The average molecular weight is 418 g/mol. The minimum absolute atomic E-state index is 0.299. The van der Waals surface area contributed by atoms with E-state index in [9.17, 15) is 14.0 Å². The van der Waals surface area contributed by atoms with Crippen LogP contribution < -0.4 is 9.64 Å². The Morgan fingerprint density at radius 2 is 1.79 bits per heavy atom. The van der Waals surface area contributed by atoms with Gasteiger partial charge >= 0.3 is 5.91 Å². The number of Topliss-reactive ketones (excluding diaryl/α,β-unsaturated/α-hetero) is 1. The molecule has 2 aliphatic rings. The van der Waals surface area contributed by atoms with Gasteiger partial charge in [-0.3, -0.25) is 24.3 Å². The van der Waals surface area contributed by atoms with Gasteiger partial charge < -0.3 is 4.74 Å². The summed E-state index contributed by atoms with van der Waals surface area (Å²) in [5.74, 6) is -0.709. The first-order valence-corrected chi connectivity index (χ1v) is 9.77. The first-order chi connectivity index (χ1) is 14.0. The molecule has 0 aliphatic carbocycles. The molecule has 1 fully saturated rings. The number of benzene rings is 2. The van der Waals surface area contributed by atoms with Gasteiger partial charge in [0, 0.05) is 49.4 Å². The van der Waals surface area contributed by atoms with Crippen molar-refractivity contribution >= 4 is 29.0 Å². The number of anilines is 1. The molecular formula is C21H21ClFN3O3. The Hall–Kier alpha value is -2.48. The van der Waals surface area contributed by atoms with Crippen LogP contribution in [0.4, 0.5) is 10.1 Å². The molecule has 0 radical (unpaired) electrons. The fraction of sp³-hybridized carbons (Fsp3) is 0.333. The van der Waals surface area contributed by atoms with E-state index in [2.05, 4.69) is 9.80 Å². The highest BCUT2D eigenvalue weighted by Crippen LogP contribution is 2.32. The van der Waals surface area contributed by atoms with Gasteiger partial charge in [0.25, 0.3) is 5.78 Å². The smallest absolute Gasteiger partial charge is 0.300 e. The summed E-state index contributed by atoms with van der Waals surface area (Å²) in [6, 6.07) is 9.73. The number of ether oxygens (including phenoxy) is 1. The summed E-state index contributed by atoms with van der Waals surface area (Å²) in [4.78, 5) is 30.5. The number of hydrogen-bond donors (Lipinski definition) is 0. The molecule has 2 aromatic rings. The molecule has 0 aromatic heterocycles. The van der Waals surface area contributed by atoms with Crippen LogP contribution in [0.15, 0.2) is 36.4 Å². The number of carbonyl (C=O) groups excluding carboxylic acids is 2. The van der Waals surface area contributed by atoms with Crippen LogP contribution in [0.25, 0.3) is 0 Å². The fourth-order valence-electron chi connectivity index (χ4n) is 3.74. The number of halogens is 2. The van der Waals surface area contributed by atoms with Crippen molar-refractivity contribution in [2.24, 2.45) is 0 Å². The Morgan fingerprint density at radius 1 is 1.07 bits per heavy atom.